The van der Waals surface area contributed by atoms with Crippen LogP contribution in [0, 0.1) is 6.92 Å². The molecule has 20 heavy (non-hydrogen) atoms. The Balaban J connectivity index is 2.09. The molecule has 0 saturated heterocycles. The molecule has 0 spiro atoms. The summed E-state index contributed by atoms with van der Waals surface area (Å²) in [6.45, 7) is 2.89. The Labute approximate surface area is 122 Å². The van der Waals surface area contributed by atoms with Crippen LogP contribution in [0.2, 0.25) is 0 Å². The molecule has 2 aromatic rings. The van der Waals surface area contributed by atoms with E-state index >= 15 is 0 Å². The summed E-state index contributed by atoms with van der Waals surface area (Å²) in [7, 11) is 0. The lowest BCUT2D eigenvalue weighted by Gasteiger charge is -2.18. The molecule has 1 unspecified atom stereocenters. The Morgan fingerprint density at radius 1 is 1.35 bits per heavy atom. The predicted octanol–water partition coefficient (Wildman–Crippen LogP) is 3.02. The van der Waals surface area contributed by atoms with Gasteiger partial charge in [-0.2, -0.15) is 0 Å². The maximum Gasteiger partial charge on any atom is 0.141 e. The number of rotatable bonds is 6. The van der Waals surface area contributed by atoms with E-state index in [1.165, 1.54) is 10.4 Å². The van der Waals surface area contributed by atoms with Crippen LogP contribution in [0.25, 0.3) is 0 Å². The summed E-state index contributed by atoms with van der Waals surface area (Å²) < 4.78 is 0. The third-order valence-corrected chi connectivity index (χ3v) is 4.24. The van der Waals surface area contributed by atoms with Crippen molar-refractivity contribution in [3.8, 4) is 0 Å². The van der Waals surface area contributed by atoms with Crippen molar-refractivity contribution in [3.63, 3.8) is 0 Å². The number of nitrogens with zero attached hydrogens (tertiary/aromatic N) is 1. The van der Waals surface area contributed by atoms with E-state index in [-0.39, 0.29) is 11.9 Å². The molecule has 0 aliphatic rings. The Morgan fingerprint density at radius 3 is 2.70 bits per heavy atom. The van der Waals surface area contributed by atoms with Crippen molar-refractivity contribution in [3.05, 3.63) is 57.8 Å². The number of amidine groups is 1. The van der Waals surface area contributed by atoms with E-state index in [9.17, 15) is 0 Å². The third kappa shape index (κ3) is 3.82. The average Bonchev–Trinajstić information content (AvgIpc) is 2.89. The van der Waals surface area contributed by atoms with Crippen LogP contribution in [0.3, 0.4) is 0 Å². The Bertz CT molecular complexity index is 566. The third-order valence-electron chi connectivity index (χ3n) is 3.22. The second-order valence-corrected chi connectivity index (χ2v) is 5.67. The highest BCUT2D eigenvalue weighted by atomic mass is 32.1. The molecular weight excluding hydrogens is 270 g/mol. The van der Waals surface area contributed by atoms with Crippen LogP contribution in [0.4, 0.5) is 0 Å². The molecule has 1 atom stereocenters. The molecule has 0 aliphatic heterocycles. The summed E-state index contributed by atoms with van der Waals surface area (Å²) in [6.07, 6.45) is 0.477. The number of hydrogen-bond acceptors (Lipinski definition) is 4. The topological polar surface area (TPSA) is 70.6 Å². The summed E-state index contributed by atoms with van der Waals surface area (Å²) in [5.41, 5.74) is 8.08. The molecule has 0 aliphatic carbocycles. The lowest BCUT2D eigenvalue weighted by atomic mass is 10.0. The molecule has 4 nitrogen and oxygen atoms in total. The van der Waals surface area contributed by atoms with Crippen molar-refractivity contribution in [2.45, 2.75) is 25.9 Å². The van der Waals surface area contributed by atoms with Crippen LogP contribution in [0.5, 0.6) is 0 Å². The van der Waals surface area contributed by atoms with Crippen LogP contribution in [0.1, 0.15) is 28.5 Å². The van der Waals surface area contributed by atoms with Crippen LogP contribution in [-0.2, 0) is 6.54 Å². The van der Waals surface area contributed by atoms with Gasteiger partial charge in [-0.05, 0) is 29.5 Å². The van der Waals surface area contributed by atoms with E-state index < -0.39 is 0 Å². The molecule has 1 heterocycles. The molecule has 5 heteroatoms. The molecule has 4 N–H and O–H groups in total. The maximum absolute atomic E-state index is 8.76. The van der Waals surface area contributed by atoms with Gasteiger partial charge in [0.25, 0.3) is 0 Å². The molecule has 1 aromatic carbocycles. The average molecular weight is 289 g/mol. The summed E-state index contributed by atoms with van der Waals surface area (Å²) in [5, 5.41) is 17.4. The Morgan fingerprint density at radius 2 is 2.10 bits per heavy atom. The fourth-order valence-corrected chi connectivity index (χ4v) is 2.90. The lowest BCUT2D eigenvalue weighted by Crippen LogP contribution is -2.26. The molecule has 0 saturated carbocycles. The number of aryl methyl sites for hydroxylation is 1. The molecule has 0 bridgehead atoms. The van der Waals surface area contributed by atoms with Crippen molar-refractivity contribution in [1.29, 1.82) is 0 Å². The van der Waals surface area contributed by atoms with Gasteiger partial charge in [-0.3, -0.25) is 0 Å². The predicted molar refractivity (Wildman–Crippen MR) is 83.1 cm³/mol. The van der Waals surface area contributed by atoms with Crippen molar-refractivity contribution < 1.29 is 5.21 Å². The van der Waals surface area contributed by atoms with E-state index in [4.69, 9.17) is 10.9 Å². The smallest absolute Gasteiger partial charge is 0.141 e. The summed E-state index contributed by atoms with van der Waals surface area (Å²) in [4.78, 5) is 1.31. The first kappa shape index (κ1) is 14.6. The maximum atomic E-state index is 8.76. The number of benzene rings is 1. The van der Waals surface area contributed by atoms with Crippen molar-refractivity contribution in [2.75, 3.05) is 0 Å². The van der Waals surface area contributed by atoms with Gasteiger partial charge >= 0.3 is 0 Å². The highest BCUT2D eigenvalue weighted by molar-refractivity contribution is 7.10. The number of nitrogens with two attached hydrogens (primary N) is 1. The summed E-state index contributed by atoms with van der Waals surface area (Å²) in [5.74, 6) is 0.231. The van der Waals surface area contributed by atoms with Gasteiger partial charge in [-0.1, -0.05) is 35.5 Å². The first-order valence-electron chi connectivity index (χ1n) is 6.48. The molecule has 2 rings (SSSR count). The van der Waals surface area contributed by atoms with E-state index in [1.54, 1.807) is 11.3 Å². The van der Waals surface area contributed by atoms with Crippen molar-refractivity contribution in [2.24, 2.45) is 10.9 Å². The Hall–Kier alpha value is -1.85. The normalized spacial score (nSPS) is 13.3. The van der Waals surface area contributed by atoms with Gasteiger partial charge in [-0.25, -0.2) is 0 Å². The van der Waals surface area contributed by atoms with Gasteiger partial charge in [0.1, 0.15) is 5.84 Å². The first-order valence-corrected chi connectivity index (χ1v) is 7.36. The van der Waals surface area contributed by atoms with Crippen LogP contribution in [-0.4, -0.2) is 11.0 Å². The van der Waals surface area contributed by atoms with E-state index in [2.05, 4.69) is 28.8 Å². The van der Waals surface area contributed by atoms with Gasteiger partial charge in [0.15, 0.2) is 0 Å². The van der Waals surface area contributed by atoms with Crippen LogP contribution >= 0.6 is 11.3 Å². The van der Waals surface area contributed by atoms with Gasteiger partial charge < -0.3 is 16.3 Å². The highest BCUT2D eigenvalue weighted by Gasteiger charge is 2.13. The van der Waals surface area contributed by atoms with Crippen LogP contribution in [0.15, 0.2) is 46.9 Å². The lowest BCUT2D eigenvalue weighted by molar-refractivity contribution is 0.315. The number of thiophene rings is 1. The van der Waals surface area contributed by atoms with Crippen molar-refractivity contribution >= 4 is 17.2 Å². The molecule has 106 valence electrons. The zero-order valence-electron chi connectivity index (χ0n) is 11.4. The second kappa shape index (κ2) is 7.07. The molecule has 0 amide bonds. The summed E-state index contributed by atoms with van der Waals surface area (Å²) >= 11 is 1.74. The first-order chi connectivity index (χ1) is 9.70. The quantitative estimate of drug-likeness (QED) is 0.331. The van der Waals surface area contributed by atoms with E-state index in [0.29, 0.717) is 6.42 Å². The zero-order valence-corrected chi connectivity index (χ0v) is 12.2. The standard InChI is InChI=1S/C15H19N3OS/c1-11-7-8-20-14(11)10-17-13(9-15(16)18-19)12-5-3-2-4-6-12/h2-8,13,17,19H,9-10H2,1H3,(H2,16,18). The number of oxime groups is 1. The number of hydrogen-bond donors (Lipinski definition) is 3. The van der Waals surface area contributed by atoms with E-state index in [0.717, 1.165) is 12.1 Å². The van der Waals surface area contributed by atoms with E-state index in [1.807, 2.05) is 30.3 Å². The van der Waals surface area contributed by atoms with Gasteiger partial charge in [0, 0.05) is 23.9 Å². The Kier molecular flexibility index (Phi) is 5.15. The molecule has 0 radical (unpaired) electrons. The minimum atomic E-state index is 0.0357. The monoisotopic (exact) mass is 289 g/mol. The second-order valence-electron chi connectivity index (χ2n) is 4.67. The SMILES string of the molecule is Cc1ccsc1CNC(C/C(N)=N/O)c1ccccc1. The summed E-state index contributed by atoms with van der Waals surface area (Å²) in [6, 6.07) is 12.2. The minimum absolute atomic E-state index is 0.0357. The number of nitrogens with one attached hydrogen (secondary N) is 1. The molecular formula is C15H19N3OS. The van der Waals surface area contributed by atoms with Crippen molar-refractivity contribution in [1.82, 2.24) is 5.32 Å². The van der Waals surface area contributed by atoms with Gasteiger partial charge in [0.2, 0.25) is 0 Å². The largest absolute Gasteiger partial charge is 0.409 e. The van der Waals surface area contributed by atoms with Gasteiger partial charge in [-0.15, -0.1) is 11.3 Å². The fourth-order valence-electron chi connectivity index (χ4n) is 2.04. The van der Waals surface area contributed by atoms with Crippen LogP contribution < -0.4 is 11.1 Å². The minimum Gasteiger partial charge on any atom is -0.409 e. The van der Waals surface area contributed by atoms with Gasteiger partial charge in [0.05, 0.1) is 0 Å². The highest BCUT2D eigenvalue weighted by Crippen LogP contribution is 2.20. The molecule has 0 fully saturated rings. The zero-order chi connectivity index (χ0) is 14.4. The molecule has 1 aromatic heterocycles. The fraction of sp³-hybridized carbons (Fsp3) is 0.267.